The second kappa shape index (κ2) is 8.55. The zero-order chi connectivity index (χ0) is 17.8. The lowest BCUT2D eigenvalue weighted by Gasteiger charge is -2.43. The number of aromatic nitrogens is 1. The molecule has 0 spiro atoms. The molecule has 2 aromatic rings. The summed E-state index contributed by atoms with van der Waals surface area (Å²) in [5.41, 5.74) is 2.62. The minimum Gasteiger partial charge on any atom is -0.396 e. The van der Waals surface area contributed by atoms with Crippen LogP contribution in [0.1, 0.15) is 44.1 Å². The Kier molecular flexibility index (Phi) is 5.93. The third kappa shape index (κ3) is 4.13. The van der Waals surface area contributed by atoms with Gasteiger partial charge in [0, 0.05) is 62.5 Å². The molecule has 1 atom stereocenters. The van der Waals surface area contributed by atoms with Gasteiger partial charge in [0.05, 0.1) is 0 Å². The van der Waals surface area contributed by atoms with Crippen LogP contribution in [0.15, 0.2) is 30.5 Å². The summed E-state index contributed by atoms with van der Waals surface area (Å²) in [5.74, 6) is 0.880. The van der Waals surface area contributed by atoms with Gasteiger partial charge in [-0.3, -0.25) is 9.80 Å². The largest absolute Gasteiger partial charge is 0.396 e. The number of rotatable bonds is 6. The summed E-state index contributed by atoms with van der Waals surface area (Å²) in [6.45, 7) is 5.89. The van der Waals surface area contributed by atoms with Crippen LogP contribution in [0.25, 0.3) is 10.9 Å². The average Bonchev–Trinajstić information content (AvgIpc) is 3.08. The van der Waals surface area contributed by atoms with E-state index in [2.05, 4.69) is 45.2 Å². The van der Waals surface area contributed by atoms with Crippen molar-refractivity contribution in [3.8, 4) is 0 Å². The minimum absolute atomic E-state index is 0.298. The van der Waals surface area contributed by atoms with E-state index in [-0.39, 0.29) is 0 Å². The second-order valence-electron chi connectivity index (χ2n) is 8.26. The number of aliphatic hydroxyl groups is 1. The zero-order valence-corrected chi connectivity index (χ0v) is 15.9. The molecular formula is C22H33N3O. The van der Waals surface area contributed by atoms with Crippen LogP contribution in [0.2, 0.25) is 0 Å². The number of para-hydroxylation sites is 1. The molecule has 142 valence electrons. The number of nitrogens with zero attached hydrogens (tertiary/aromatic N) is 2. The third-order valence-corrected chi connectivity index (χ3v) is 6.44. The molecule has 0 amide bonds. The molecule has 2 fully saturated rings. The van der Waals surface area contributed by atoms with Gasteiger partial charge in [0.1, 0.15) is 0 Å². The van der Waals surface area contributed by atoms with Gasteiger partial charge in [-0.05, 0) is 36.8 Å². The number of piperazine rings is 1. The van der Waals surface area contributed by atoms with Gasteiger partial charge < -0.3 is 10.1 Å². The van der Waals surface area contributed by atoms with E-state index in [9.17, 15) is 5.11 Å². The number of hydrogen-bond acceptors (Lipinski definition) is 3. The van der Waals surface area contributed by atoms with Gasteiger partial charge in [-0.15, -0.1) is 0 Å². The highest BCUT2D eigenvalue weighted by atomic mass is 16.3. The first-order chi connectivity index (χ1) is 12.8. The van der Waals surface area contributed by atoms with Crippen LogP contribution in [-0.2, 0) is 6.54 Å². The Morgan fingerprint density at radius 2 is 1.92 bits per heavy atom. The molecule has 1 aliphatic heterocycles. The molecule has 1 saturated carbocycles. The summed E-state index contributed by atoms with van der Waals surface area (Å²) in [6.07, 6.45) is 10.1. The number of hydrogen-bond donors (Lipinski definition) is 2. The fraction of sp³-hybridized carbons (Fsp3) is 0.636. The Labute approximate surface area is 157 Å². The molecule has 2 aliphatic rings. The Morgan fingerprint density at radius 1 is 1.08 bits per heavy atom. The summed E-state index contributed by atoms with van der Waals surface area (Å²) < 4.78 is 0. The predicted octanol–water partition coefficient (Wildman–Crippen LogP) is 3.62. The van der Waals surface area contributed by atoms with E-state index in [1.807, 2.05) is 0 Å². The normalized spacial score (nSPS) is 23.7. The molecule has 1 aliphatic carbocycles. The topological polar surface area (TPSA) is 42.5 Å². The van der Waals surface area contributed by atoms with Crippen LogP contribution < -0.4 is 0 Å². The molecule has 2 heterocycles. The maximum absolute atomic E-state index is 9.58. The van der Waals surface area contributed by atoms with E-state index in [0.717, 1.165) is 38.5 Å². The third-order valence-electron chi connectivity index (χ3n) is 6.44. The van der Waals surface area contributed by atoms with Gasteiger partial charge in [0.2, 0.25) is 0 Å². The molecular weight excluding hydrogens is 322 g/mol. The molecule has 26 heavy (non-hydrogen) atoms. The fourth-order valence-corrected chi connectivity index (χ4v) is 4.97. The van der Waals surface area contributed by atoms with Crippen molar-refractivity contribution < 1.29 is 5.11 Å². The van der Waals surface area contributed by atoms with Crippen molar-refractivity contribution in [1.29, 1.82) is 0 Å². The lowest BCUT2D eigenvalue weighted by Crippen LogP contribution is -2.54. The smallest absolute Gasteiger partial charge is 0.0457 e. The van der Waals surface area contributed by atoms with Gasteiger partial charge in [-0.2, -0.15) is 0 Å². The first kappa shape index (κ1) is 18.0. The number of benzene rings is 1. The maximum atomic E-state index is 9.58. The number of H-pyrrole nitrogens is 1. The van der Waals surface area contributed by atoms with Crippen molar-refractivity contribution in [3.63, 3.8) is 0 Å². The van der Waals surface area contributed by atoms with Gasteiger partial charge in [-0.25, -0.2) is 0 Å². The molecule has 1 aromatic carbocycles. The minimum atomic E-state index is 0.298. The summed E-state index contributed by atoms with van der Waals surface area (Å²) >= 11 is 0. The highest BCUT2D eigenvalue weighted by Gasteiger charge is 2.29. The molecule has 1 saturated heterocycles. The van der Waals surface area contributed by atoms with Crippen LogP contribution in [-0.4, -0.2) is 58.7 Å². The number of aliphatic hydroxyl groups excluding tert-OH is 1. The van der Waals surface area contributed by atoms with Gasteiger partial charge >= 0.3 is 0 Å². The quantitative estimate of drug-likeness (QED) is 0.832. The molecule has 4 nitrogen and oxygen atoms in total. The standard InChI is InChI=1S/C22H33N3O/c26-13-10-20-17-24(11-12-25(20)15-18-6-2-1-3-7-18)16-19-14-23-22-9-5-4-8-21(19)22/h4-5,8-9,14,18,20,23,26H,1-3,6-7,10-13,15-17H2/t20-/m1/s1. The van der Waals surface area contributed by atoms with E-state index in [4.69, 9.17) is 0 Å². The van der Waals surface area contributed by atoms with Crippen LogP contribution in [0.5, 0.6) is 0 Å². The van der Waals surface area contributed by atoms with Crippen molar-refractivity contribution in [3.05, 3.63) is 36.0 Å². The van der Waals surface area contributed by atoms with E-state index >= 15 is 0 Å². The van der Waals surface area contributed by atoms with Crippen molar-refractivity contribution in [1.82, 2.24) is 14.8 Å². The summed E-state index contributed by atoms with van der Waals surface area (Å²) in [4.78, 5) is 8.66. The first-order valence-electron chi connectivity index (χ1n) is 10.5. The highest BCUT2D eigenvalue weighted by molar-refractivity contribution is 5.82. The van der Waals surface area contributed by atoms with Crippen molar-refractivity contribution in [2.24, 2.45) is 5.92 Å². The van der Waals surface area contributed by atoms with Gasteiger partial charge in [0.15, 0.2) is 0 Å². The van der Waals surface area contributed by atoms with Crippen molar-refractivity contribution in [2.45, 2.75) is 51.1 Å². The Balaban J connectivity index is 1.39. The molecule has 0 radical (unpaired) electrons. The van der Waals surface area contributed by atoms with Gasteiger partial charge in [-0.1, -0.05) is 37.5 Å². The molecule has 0 bridgehead atoms. The van der Waals surface area contributed by atoms with Gasteiger partial charge in [0.25, 0.3) is 0 Å². The van der Waals surface area contributed by atoms with E-state index < -0.39 is 0 Å². The number of aromatic amines is 1. The summed E-state index contributed by atoms with van der Waals surface area (Å²) in [6, 6.07) is 9.07. The maximum Gasteiger partial charge on any atom is 0.0457 e. The molecule has 2 N–H and O–H groups in total. The first-order valence-corrected chi connectivity index (χ1v) is 10.5. The lowest BCUT2D eigenvalue weighted by molar-refractivity contribution is 0.0402. The number of nitrogens with one attached hydrogen (secondary N) is 1. The molecule has 1 aromatic heterocycles. The highest BCUT2D eigenvalue weighted by Crippen LogP contribution is 2.27. The number of fused-ring (bicyclic) bond motifs is 1. The molecule has 4 heteroatoms. The van der Waals surface area contributed by atoms with Crippen LogP contribution in [0, 0.1) is 5.92 Å². The van der Waals surface area contributed by atoms with E-state index in [1.165, 1.54) is 55.1 Å². The van der Waals surface area contributed by atoms with Crippen LogP contribution in [0.3, 0.4) is 0 Å². The van der Waals surface area contributed by atoms with Crippen molar-refractivity contribution >= 4 is 10.9 Å². The second-order valence-corrected chi connectivity index (χ2v) is 8.26. The fourth-order valence-electron chi connectivity index (χ4n) is 4.97. The molecule has 4 rings (SSSR count). The van der Waals surface area contributed by atoms with Crippen molar-refractivity contribution in [2.75, 3.05) is 32.8 Å². The summed E-state index contributed by atoms with van der Waals surface area (Å²) in [7, 11) is 0. The SMILES string of the molecule is OCC[C@@H]1CN(Cc2c[nH]c3ccccc23)CCN1CC1CCCCC1. The Bertz CT molecular complexity index is 692. The Hall–Kier alpha value is -1.36. The predicted molar refractivity (Wildman–Crippen MR) is 107 cm³/mol. The monoisotopic (exact) mass is 355 g/mol. The molecule has 0 unspecified atom stereocenters. The van der Waals surface area contributed by atoms with E-state index in [1.54, 1.807) is 0 Å². The average molecular weight is 356 g/mol. The van der Waals surface area contributed by atoms with E-state index in [0.29, 0.717) is 12.6 Å². The zero-order valence-electron chi connectivity index (χ0n) is 15.9. The van der Waals surface area contributed by atoms with Crippen LogP contribution in [0.4, 0.5) is 0 Å². The van der Waals surface area contributed by atoms with Crippen LogP contribution >= 0.6 is 0 Å². The Morgan fingerprint density at radius 3 is 2.77 bits per heavy atom. The lowest BCUT2D eigenvalue weighted by atomic mass is 9.88. The summed E-state index contributed by atoms with van der Waals surface area (Å²) in [5, 5.41) is 10.9.